The molecular weight excluding hydrogens is 258 g/mol. The standard InChI is InChI=1S/C10H12BrN3O/c1-14(10(15)13-8-2-3-8)9-6-7(11)4-5-12-9/h4-6,8H,2-3H2,1H3,(H,13,15). The van der Waals surface area contributed by atoms with E-state index >= 15 is 0 Å². The van der Waals surface area contributed by atoms with Crippen LogP contribution in [-0.2, 0) is 0 Å². The van der Waals surface area contributed by atoms with Gasteiger partial charge in [-0.1, -0.05) is 15.9 Å². The molecule has 0 radical (unpaired) electrons. The molecule has 0 unspecified atom stereocenters. The van der Waals surface area contributed by atoms with E-state index in [1.807, 2.05) is 12.1 Å². The number of nitrogens with one attached hydrogen (secondary N) is 1. The highest BCUT2D eigenvalue weighted by atomic mass is 79.9. The molecule has 1 aromatic heterocycles. The Labute approximate surface area is 96.8 Å². The second-order valence-electron chi connectivity index (χ2n) is 3.62. The summed E-state index contributed by atoms with van der Waals surface area (Å²) in [5.74, 6) is 0.641. The highest BCUT2D eigenvalue weighted by Crippen LogP contribution is 2.20. The van der Waals surface area contributed by atoms with E-state index in [0.717, 1.165) is 17.3 Å². The van der Waals surface area contributed by atoms with Crippen molar-refractivity contribution >= 4 is 27.8 Å². The lowest BCUT2D eigenvalue weighted by Crippen LogP contribution is -2.38. The van der Waals surface area contributed by atoms with Gasteiger partial charge in [0.05, 0.1) is 0 Å². The Morgan fingerprint density at radius 1 is 1.67 bits per heavy atom. The number of urea groups is 1. The van der Waals surface area contributed by atoms with Gasteiger partial charge in [-0.05, 0) is 25.0 Å². The number of halogens is 1. The van der Waals surface area contributed by atoms with Gasteiger partial charge < -0.3 is 5.32 Å². The van der Waals surface area contributed by atoms with Crippen LogP contribution in [0.5, 0.6) is 0 Å². The number of carbonyl (C=O) groups excluding carboxylic acids is 1. The van der Waals surface area contributed by atoms with Crippen LogP contribution in [0.1, 0.15) is 12.8 Å². The van der Waals surface area contributed by atoms with Gasteiger partial charge in [0.2, 0.25) is 0 Å². The van der Waals surface area contributed by atoms with Gasteiger partial charge in [-0.25, -0.2) is 9.78 Å². The van der Waals surface area contributed by atoms with Gasteiger partial charge in [0.25, 0.3) is 0 Å². The summed E-state index contributed by atoms with van der Waals surface area (Å²) in [6, 6.07) is 3.91. The number of nitrogens with zero attached hydrogens (tertiary/aromatic N) is 2. The second-order valence-corrected chi connectivity index (χ2v) is 4.53. The summed E-state index contributed by atoms with van der Waals surface area (Å²) in [7, 11) is 1.71. The molecule has 80 valence electrons. The number of aromatic nitrogens is 1. The van der Waals surface area contributed by atoms with Crippen LogP contribution in [-0.4, -0.2) is 24.1 Å². The van der Waals surface area contributed by atoms with Crippen molar-refractivity contribution in [3.63, 3.8) is 0 Å². The minimum absolute atomic E-state index is 0.0944. The summed E-state index contributed by atoms with van der Waals surface area (Å²) in [5, 5.41) is 2.90. The van der Waals surface area contributed by atoms with Crippen molar-refractivity contribution in [2.75, 3.05) is 11.9 Å². The van der Waals surface area contributed by atoms with Gasteiger partial charge in [-0.2, -0.15) is 0 Å². The quantitative estimate of drug-likeness (QED) is 0.895. The number of amides is 2. The van der Waals surface area contributed by atoms with E-state index in [1.165, 1.54) is 4.90 Å². The van der Waals surface area contributed by atoms with Gasteiger partial charge in [0, 0.05) is 23.8 Å². The topological polar surface area (TPSA) is 45.2 Å². The maximum atomic E-state index is 11.7. The molecule has 1 saturated carbocycles. The fraction of sp³-hybridized carbons (Fsp3) is 0.400. The molecule has 1 aliphatic carbocycles. The fourth-order valence-electron chi connectivity index (χ4n) is 1.18. The Kier molecular flexibility index (Phi) is 2.90. The molecule has 1 N–H and O–H groups in total. The van der Waals surface area contributed by atoms with Crippen molar-refractivity contribution in [1.29, 1.82) is 0 Å². The van der Waals surface area contributed by atoms with Crippen LogP contribution in [0.3, 0.4) is 0 Å². The third-order valence-electron chi connectivity index (χ3n) is 2.26. The molecule has 0 aliphatic heterocycles. The monoisotopic (exact) mass is 269 g/mol. The normalized spacial score (nSPS) is 14.8. The zero-order valence-electron chi connectivity index (χ0n) is 8.40. The fourth-order valence-corrected chi connectivity index (χ4v) is 1.50. The van der Waals surface area contributed by atoms with E-state index in [0.29, 0.717) is 11.9 Å². The molecular formula is C10H12BrN3O. The van der Waals surface area contributed by atoms with Gasteiger partial charge in [0.1, 0.15) is 5.82 Å². The number of hydrogen-bond acceptors (Lipinski definition) is 2. The van der Waals surface area contributed by atoms with Crippen LogP contribution in [0.25, 0.3) is 0 Å². The average molecular weight is 270 g/mol. The Morgan fingerprint density at radius 2 is 2.40 bits per heavy atom. The molecule has 0 aromatic carbocycles. The minimum Gasteiger partial charge on any atom is -0.335 e. The summed E-state index contributed by atoms with van der Waals surface area (Å²) < 4.78 is 0.915. The van der Waals surface area contributed by atoms with Gasteiger partial charge in [0.15, 0.2) is 0 Å². The Hall–Kier alpha value is -1.10. The summed E-state index contributed by atoms with van der Waals surface area (Å²) in [6.07, 6.45) is 3.84. The number of hydrogen-bond donors (Lipinski definition) is 1. The van der Waals surface area contributed by atoms with Crippen LogP contribution in [0.2, 0.25) is 0 Å². The molecule has 2 rings (SSSR count). The minimum atomic E-state index is -0.0944. The molecule has 1 aliphatic rings. The van der Waals surface area contributed by atoms with E-state index in [2.05, 4.69) is 26.2 Å². The summed E-state index contributed by atoms with van der Waals surface area (Å²) in [4.78, 5) is 17.3. The van der Waals surface area contributed by atoms with Crippen molar-refractivity contribution in [3.05, 3.63) is 22.8 Å². The smallest absolute Gasteiger partial charge is 0.323 e. The third-order valence-corrected chi connectivity index (χ3v) is 2.75. The van der Waals surface area contributed by atoms with Crippen molar-refractivity contribution in [3.8, 4) is 0 Å². The Bertz CT molecular complexity index is 379. The molecule has 0 spiro atoms. The van der Waals surface area contributed by atoms with E-state index < -0.39 is 0 Å². The molecule has 5 heteroatoms. The average Bonchev–Trinajstić information content (AvgIpc) is 3.00. The molecule has 4 nitrogen and oxygen atoms in total. The van der Waals surface area contributed by atoms with E-state index in [9.17, 15) is 4.79 Å². The first-order chi connectivity index (χ1) is 7.16. The van der Waals surface area contributed by atoms with Crippen molar-refractivity contribution in [1.82, 2.24) is 10.3 Å². The van der Waals surface area contributed by atoms with E-state index in [4.69, 9.17) is 0 Å². The molecule has 1 fully saturated rings. The summed E-state index contributed by atoms with van der Waals surface area (Å²) >= 11 is 3.34. The summed E-state index contributed by atoms with van der Waals surface area (Å²) in [6.45, 7) is 0. The highest BCUT2D eigenvalue weighted by Gasteiger charge is 2.25. The summed E-state index contributed by atoms with van der Waals surface area (Å²) in [5.41, 5.74) is 0. The maximum absolute atomic E-state index is 11.7. The number of pyridine rings is 1. The first kappa shape index (κ1) is 10.4. The Balaban J connectivity index is 2.05. The predicted molar refractivity (Wildman–Crippen MR) is 61.9 cm³/mol. The van der Waals surface area contributed by atoms with Crippen LogP contribution in [0.4, 0.5) is 10.6 Å². The molecule has 15 heavy (non-hydrogen) atoms. The largest absolute Gasteiger partial charge is 0.335 e. The third kappa shape index (κ3) is 2.68. The van der Waals surface area contributed by atoms with Crippen molar-refractivity contribution < 1.29 is 4.79 Å². The lowest BCUT2D eigenvalue weighted by atomic mass is 10.4. The number of anilines is 1. The lowest BCUT2D eigenvalue weighted by Gasteiger charge is -2.16. The van der Waals surface area contributed by atoms with Crippen LogP contribution in [0, 0.1) is 0 Å². The van der Waals surface area contributed by atoms with Crippen LogP contribution < -0.4 is 10.2 Å². The Morgan fingerprint density at radius 3 is 3.00 bits per heavy atom. The van der Waals surface area contributed by atoms with Gasteiger partial charge in [-0.15, -0.1) is 0 Å². The lowest BCUT2D eigenvalue weighted by molar-refractivity contribution is 0.247. The number of carbonyl (C=O) groups is 1. The molecule has 0 atom stereocenters. The molecule has 1 heterocycles. The van der Waals surface area contributed by atoms with Crippen molar-refractivity contribution in [2.45, 2.75) is 18.9 Å². The maximum Gasteiger partial charge on any atom is 0.323 e. The van der Waals surface area contributed by atoms with Gasteiger partial charge >= 0.3 is 6.03 Å². The van der Waals surface area contributed by atoms with E-state index in [1.54, 1.807) is 13.2 Å². The van der Waals surface area contributed by atoms with Crippen LogP contribution in [0.15, 0.2) is 22.8 Å². The van der Waals surface area contributed by atoms with Crippen molar-refractivity contribution in [2.24, 2.45) is 0 Å². The first-order valence-corrected chi connectivity index (χ1v) is 5.62. The molecule has 2 amide bonds. The molecule has 1 aromatic rings. The predicted octanol–water partition coefficient (Wildman–Crippen LogP) is 2.15. The van der Waals surface area contributed by atoms with Crippen LogP contribution >= 0.6 is 15.9 Å². The zero-order chi connectivity index (χ0) is 10.8. The molecule has 0 saturated heterocycles. The SMILES string of the molecule is CN(C(=O)NC1CC1)c1cc(Br)ccn1. The zero-order valence-corrected chi connectivity index (χ0v) is 9.99. The highest BCUT2D eigenvalue weighted by molar-refractivity contribution is 9.10. The second kappa shape index (κ2) is 4.18. The molecule has 0 bridgehead atoms. The number of rotatable bonds is 2. The first-order valence-electron chi connectivity index (χ1n) is 4.82. The van der Waals surface area contributed by atoms with E-state index in [-0.39, 0.29) is 6.03 Å². The van der Waals surface area contributed by atoms with Gasteiger partial charge in [-0.3, -0.25) is 4.90 Å².